The lowest BCUT2D eigenvalue weighted by Gasteiger charge is -2.13. The zero-order valence-corrected chi connectivity index (χ0v) is 18.7. The molecular weight excluding hydrogens is 450 g/mol. The van der Waals surface area contributed by atoms with Crippen molar-refractivity contribution >= 4 is 34.3 Å². The van der Waals surface area contributed by atoms with Crippen molar-refractivity contribution < 1.29 is 28.5 Å². The van der Waals surface area contributed by atoms with E-state index in [0.29, 0.717) is 45.2 Å². The number of benzene rings is 3. The predicted molar refractivity (Wildman–Crippen MR) is 130 cm³/mol. The van der Waals surface area contributed by atoms with Crippen molar-refractivity contribution in [1.82, 2.24) is 4.98 Å². The number of carbonyl (C=O) groups excluding carboxylic acids is 2. The maximum Gasteiger partial charge on any atom is 0.343 e. The van der Waals surface area contributed by atoms with Crippen LogP contribution in [0.2, 0.25) is 0 Å². The Labute approximate surface area is 200 Å². The molecular formula is C26H21N3O6. The van der Waals surface area contributed by atoms with Crippen molar-refractivity contribution in [3.63, 3.8) is 0 Å². The lowest BCUT2D eigenvalue weighted by atomic mass is 10.1. The van der Waals surface area contributed by atoms with Crippen LogP contribution in [0, 0.1) is 0 Å². The fraction of sp³-hybridized carbons (Fsp3) is 0.115. The van der Waals surface area contributed by atoms with Crippen molar-refractivity contribution in [3.8, 4) is 28.5 Å². The Morgan fingerprint density at radius 3 is 2.46 bits per heavy atom. The lowest BCUT2D eigenvalue weighted by molar-refractivity contribution is -0.142. The Hall–Kier alpha value is -4.79. The number of nitrogens with one attached hydrogen (secondary N) is 2. The second kappa shape index (κ2) is 9.60. The highest BCUT2D eigenvalue weighted by atomic mass is 16.7. The van der Waals surface area contributed by atoms with Gasteiger partial charge in [0.2, 0.25) is 6.79 Å². The van der Waals surface area contributed by atoms with Gasteiger partial charge in [-0.3, -0.25) is 0 Å². The maximum absolute atomic E-state index is 12.6. The first kappa shape index (κ1) is 22.0. The molecule has 4 aromatic rings. The van der Waals surface area contributed by atoms with E-state index < -0.39 is 12.0 Å². The van der Waals surface area contributed by atoms with Gasteiger partial charge in [-0.25, -0.2) is 14.6 Å². The van der Waals surface area contributed by atoms with E-state index >= 15 is 0 Å². The Morgan fingerprint density at radius 2 is 1.66 bits per heavy atom. The summed E-state index contributed by atoms with van der Waals surface area (Å²) in [5, 5.41) is 6.20. The van der Waals surface area contributed by atoms with Crippen LogP contribution in [0.4, 0.5) is 16.2 Å². The normalized spacial score (nSPS) is 11.7. The summed E-state index contributed by atoms with van der Waals surface area (Å²) in [6.45, 7) is -0.103. The van der Waals surface area contributed by atoms with E-state index in [1.165, 1.54) is 7.11 Å². The molecule has 0 fully saturated rings. The molecule has 1 aromatic heterocycles. The summed E-state index contributed by atoms with van der Waals surface area (Å²) in [6, 6.07) is 21.4. The van der Waals surface area contributed by atoms with Crippen LogP contribution >= 0.6 is 0 Å². The number of esters is 1. The molecule has 9 heteroatoms. The summed E-state index contributed by atoms with van der Waals surface area (Å²) in [7, 11) is 1.30. The van der Waals surface area contributed by atoms with Crippen molar-refractivity contribution in [2.45, 2.75) is 0 Å². The molecule has 1 aliphatic heterocycles. The number of carbonyl (C=O) groups is 2. The van der Waals surface area contributed by atoms with Crippen LogP contribution in [0.5, 0.6) is 17.2 Å². The molecule has 3 aromatic carbocycles. The zero-order valence-electron chi connectivity index (χ0n) is 18.7. The summed E-state index contributed by atoms with van der Waals surface area (Å²) < 4.78 is 21.1. The third-order valence-electron chi connectivity index (χ3n) is 5.30. The second-order valence-corrected chi connectivity index (χ2v) is 7.62. The number of pyridine rings is 1. The van der Waals surface area contributed by atoms with Gasteiger partial charge in [0.05, 0.1) is 18.3 Å². The minimum absolute atomic E-state index is 0.155. The molecule has 0 atom stereocenters. The van der Waals surface area contributed by atoms with Crippen LogP contribution in [0.15, 0.2) is 72.8 Å². The summed E-state index contributed by atoms with van der Waals surface area (Å²) in [5.74, 6) is 1.14. The second-order valence-electron chi connectivity index (χ2n) is 7.62. The molecule has 0 saturated carbocycles. The third-order valence-corrected chi connectivity index (χ3v) is 5.30. The number of hydrogen-bond donors (Lipinski definition) is 2. The Morgan fingerprint density at radius 1 is 0.914 bits per heavy atom. The van der Waals surface area contributed by atoms with Gasteiger partial charge in [0.1, 0.15) is 5.75 Å². The highest BCUT2D eigenvalue weighted by Gasteiger charge is 2.15. The van der Waals surface area contributed by atoms with Gasteiger partial charge in [-0.1, -0.05) is 30.3 Å². The molecule has 0 saturated heterocycles. The van der Waals surface area contributed by atoms with Gasteiger partial charge in [-0.15, -0.1) is 0 Å². The van der Waals surface area contributed by atoms with Crippen LogP contribution in [-0.2, 0) is 9.53 Å². The number of fused-ring (bicyclic) bond motifs is 2. The van der Waals surface area contributed by atoms with Gasteiger partial charge < -0.3 is 29.6 Å². The molecule has 176 valence electrons. The quantitative estimate of drug-likeness (QED) is 0.388. The number of amides is 2. The number of anilines is 2. The average molecular weight is 471 g/mol. The van der Waals surface area contributed by atoms with Gasteiger partial charge in [0, 0.05) is 34.5 Å². The molecule has 2 amide bonds. The van der Waals surface area contributed by atoms with Gasteiger partial charge >= 0.3 is 12.0 Å². The summed E-state index contributed by atoms with van der Waals surface area (Å²) in [6.07, 6.45) is 0. The van der Waals surface area contributed by atoms with Gasteiger partial charge in [0.15, 0.2) is 18.1 Å². The molecule has 0 aliphatic carbocycles. The van der Waals surface area contributed by atoms with Crippen molar-refractivity contribution in [2.75, 3.05) is 31.1 Å². The van der Waals surface area contributed by atoms with E-state index in [9.17, 15) is 9.59 Å². The first-order valence-corrected chi connectivity index (χ1v) is 10.8. The molecule has 0 unspecified atom stereocenters. The molecule has 0 spiro atoms. The number of hydrogen-bond acceptors (Lipinski definition) is 7. The number of aromatic nitrogens is 1. The minimum atomic E-state index is -0.506. The van der Waals surface area contributed by atoms with Crippen molar-refractivity contribution in [1.29, 1.82) is 0 Å². The van der Waals surface area contributed by atoms with Crippen molar-refractivity contribution in [2.24, 2.45) is 0 Å². The fourth-order valence-corrected chi connectivity index (χ4v) is 3.61. The number of rotatable bonds is 6. The Balaban J connectivity index is 1.41. The Kier molecular flexibility index (Phi) is 6.04. The van der Waals surface area contributed by atoms with Crippen LogP contribution < -0.4 is 24.8 Å². The monoisotopic (exact) mass is 471 g/mol. The van der Waals surface area contributed by atoms with E-state index in [4.69, 9.17) is 23.9 Å². The fourth-order valence-electron chi connectivity index (χ4n) is 3.61. The van der Waals surface area contributed by atoms with Gasteiger partial charge in [0.25, 0.3) is 0 Å². The molecule has 0 bridgehead atoms. The van der Waals surface area contributed by atoms with Gasteiger partial charge in [-0.05, 0) is 30.3 Å². The number of methoxy groups -OCH3 is 1. The highest BCUT2D eigenvalue weighted by molar-refractivity contribution is 6.02. The number of urea groups is 1. The zero-order chi connectivity index (χ0) is 24.2. The van der Waals surface area contributed by atoms with E-state index in [-0.39, 0.29) is 13.4 Å². The maximum atomic E-state index is 12.6. The van der Waals surface area contributed by atoms with Crippen LogP contribution in [0.3, 0.4) is 0 Å². The molecule has 2 heterocycles. The first-order valence-electron chi connectivity index (χ1n) is 10.8. The van der Waals surface area contributed by atoms with E-state index in [0.717, 1.165) is 5.56 Å². The molecule has 1 aliphatic rings. The van der Waals surface area contributed by atoms with E-state index in [2.05, 4.69) is 10.6 Å². The molecule has 35 heavy (non-hydrogen) atoms. The molecule has 0 radical (unpaired) electrons. The topological polar surface area (TPSA) is 108 Å². The van der Waals surface area contributed by atoms with Gasteiger partial charge in [-0.2, -0.15) is 0 Å². The average Bonchev–Trinajstić information content (AvgIpc) is 3.35. The summed E-state index contributed by atoms with van der Waals surface area (Å²) >= 11 is 0. The Bertz CT molecular complexity index is 1410. The highest BCUT2D eigenvalue weighted by Crippen LogP contribution is 2.35. The standard InChI is InChI=1S/C26H21N3O6/c1-32-25(30)14-33-23-13-21(16-5-3-2-4-6-16)29-20-9-7-17(11-19(20)23)27-26(31)28-18-8-10-22-24(12-18)35-15-34-22/h2-13H,14-15H2,1H3,(H2,27,28,31). The first-order chi connectivity index (χ1) is 17.1. The SMILES string of the molecule is COC(=O)COc1cc(-c2ccccc2)nc2ccc(NC(=O)Nc3ccc4c(c3)OCO4)cc12. The van der Waals surface area contributed by atoms with Crippen LogP contribution in [0.25, 0.3) is 22.2 Å². The lowest BCUT2D eigenvalue weighted by Crippen LogP contribution is -2.19. The third kappa shape index (κ3) is 4.93. The number of ether oxygens (including phenoxy) is 4. The minimum Gasteiger partial charge on any atom is -0.481 e. The summed E-state index contributed by atoms with van der Waals surface area (Å²) in [4.78, 5) is 29.0. The largest absolute Gasteiger partial charge is 0.481 e. The van der Waals surface area contributed by atoms with E-state index in [1.807, 2.05) is 30.3 Å². The molecule has 2 N–H and O–H groups in total. The van der Waals surface area contributed by atoms with E-state index in [1.54, 1.807) is 42.5 Å². The predicted octanol–water partition coefficient (Wildman–Crippen LogP) is 4.83. The molecule has 9 nitrogen and oxygen atoms in total. The van der Waals surface area contributed by atoms with Crippen molar-refractivity contribution in [3.05, 3.63) is 72.8 Å². The van der Waals surface area contributed by atoms with Crippen LogP contribution in [0.1, 0.15) is 0 Å². The number of nitrogens with zero attached hydrogens (tertiary/aromatic N) is 1. The summed E-state index contributed by atoms with van der Waals surface area (Å²) in [5.41, 5.74) is 3.33. The molecule has 5 rings (SSSR count). The van der Waals surface area contributed by atoms with Crippen LogP contribution in [-0.4, -0.2) is 37.5 Å². The smallest absolute Gasteiger partial charge is 0.343 e.